The van der Waals surface area contributed by atoms with E-state index in [0.717, 1.165) is 36.1 Å². The second kappa shape index (κ2) is 11.2. The summed E-state index contributed by atoms with van der Waals surface area (Å²) in [4.78, 5) is 24.9. The Morgan fingerprint density at radius 1 is 1.17 bits per heavy atom. The number of rotatable bonds is 8. The van der Waals surface area contributed by atoms with Gasteiger partial charge in [0.25, 0.3) is 0 Å². The van der Waals surface area contributed by atoms with Crippen LogP contribution in [0.15, 0.2) is 35.7 Å². The summed E-state index contributed by atoms with van der Waals surface area (Å²) in [5, 5.41) is 9.23. The van der Waals surface area contributed by atoms with Gasteiger partial charge in [-0.25, -0.2) is 19.8 Å². The fourth-order valence-corrected chi connectivity index (χ4v) is 2.58. The van der Waals surface area contributed by atoms with E-state index < -0.39 is 11.7 Å². The minimum atomic E-state index is -0.488. The lowest BCUT2D eigenvalue weighted by Crippen LogP contribution is -2.39. The average Bonchev–Trinajstić information content (AvgIpc) is 3.10. The molecule has 2 aromatic rings. The summed E-state index contributed by atoms with van der Waals surface area (Å²) in [6, 6.07) is 3.97. The van der Waals surface area contributed by atoms with Crippen LogP contribution in [-0.4, -0.2) is 51.8 Å². The van der Waals surface area contributed by atoms with Crippen molar-refractivity contribution in [3.63, 3.8) is 0 Å². The molecule has 0 fully saturated rings. The Kier molecular flexibility index (Phi) is 8.64. The number of ether oxygens (including phenoxy) is 1. The first-order valence-corrected chi connectivity index (χ1v) is 10.2. The van der Waals surface area contributed by atoms with E-state index in [0.29, 0.717) is 19.6 Å². The predicted molar refractivity (Wildman–Crippen MR) is 118 cm³/mol. The highest BCUT2D eigenvalue weighted by atomic mass is 16.6. The van der Waals surface area contributed by atoms with Gasteiger partial charge in [0.2, 0.25) is 0 Å². The molecule has 9 heteroatoms. The highest BCUT2D eigenvalue weighted by Gasteiger charge is 2.15. The van der Waals surface area contributed by atoms with E-state index >= 15 is 0 Å². The van der Waals surface area contributed by atoms with Crippen LogP contribution >= 0.6 is 0 Å². The number of carbonyl (C=O) groups excluding carboxylic acids is 1. The Hall–Kier alpha value is -3.10. The Balaban J connectivity index is 1.78. The second-order valence-electron chi connectivity index (χ2n) is 7.77. The maximum absolute atomic E-state index is 11.6. The van der Waals surface area contributed by atoms with Crippen molar-refractivity contribution < 1.29 is 9.53 Å². The van der Waals surface area contributed by atoms with Gasteiger partial charge < -0.3 is 20.7 Å². The lowest BCUT2D eigenvalue weighted by atomic mass is 10.2. The van der Waals surface area contributed by atoms with Crippen LogP contribution in [-0.2, 0) is 11.3 Å². The standard InChI is InChI=1S/C21H33N7O2/c1-6-22-19(24-10-7-11-25-20(29)30-21(3,4)5)27-15-17-8-9-18(26-14-17)28-13-12-23-16(28)2/h8-9,12-14H,6-7,10-11,15H2,1-5H3,(H,25,29)(H2,22,24,27). The van der Waals surface area contributed by atoms with Crippen molar-refractivity contribution >= 4 is 12.1 Å². The number of aromatic nitrogens is 3. The summed E-state index contributed by atoms with van der Waals surface area (Å²) in [5.41, 5.74) is 0.526. The van der Waals surface area contributed by atoms with Gasteiger partial charge in [0.15, 0.2) is 5.96 Å². The maximum Gasteiger partial charge on any atom is 0.407 e. The van der Waals surface area contributed by atoms with Crippen LogP contribution in [0.4, 0.5) is 4.79 Å². The quantitative estimate of drug-likeness (QED) is 0.348. The molecule has 0 saturated carbocycles. The number of hydrogen-bond acceptors (Lipinski definition) is 5. The van der Waals surface area contributed by atoms with Gasteiger partial charge in [0.05, 0.1) is 6.54 Å². The SMILES string of the molecule is CCNC(=NCc1ccc(-n2ccnc2C)nc1)NCCCNC(=O)OC(C)(C)C. The van der Waals surface area contributed by atoms with Gasteiger partial charge in [0.1, 0.15) is 17.2 Å². The smallest absolute Gasteiger partial charge is 0.407 e. The summed E-state index contributed by atoms with van der Waals surface area (Å²) in [6.07, 6.45) is 5.83. The largest absolute Gasteiger partial charge is 0.444 e. The number of hydrogen-bond donors (Lipinski definition) is 3. The molecule has 0 aliphatic carbocycles. The van der Waals surface area contributed by atoms with Crippen LogP contribution in [0.3, 0.4) is 0 Å². The molecule has 0 aromatic carbocycles. The number of guanidine groups is 1. The zero-order valence-corrected chi connectivity index (χ0v) is 18.5. The lowest BCUT2D eigenvalue weighted by Gasteiger charge is -2.19. The normalized spacial score (nSPS) is 11.8. The van der Waals surface area contributed by atoms with Crippen LogP contribution in [0.1, 0.15) is 45.5 Å². The third kappa shape index (κ3) is 8.10. The molecule has 2 heterocycles. The first kappa shape index (κ1) is 23.2. The van der Waals surface area contributed by atoms with Crippen LogP contribution < -0.4 is 16.0 Å². The Morgan fingerprint density at radius 3 is 2.53 bits per heavy atom. The molecule has 1 amide bonds. The zero-order chi connectivity index (χ0) is 22.0. The maximum atomic E-state index is 11.6. The van der Waals surface area contributed by atoms with Crippen molar-refractivity contribution in [1.29, 1.82) is 0 Å². The monoisotopic (exact) mass is 415 g/mol. The summed E-state index contributed by atoms with van der Waals surface area (Å²) in [7, 11) is 0. The number of aliphatic imine (C=N–C) groups is 1. The van der Waals surface area contributed by atoms with E-state index in [-0.39, 0.29) is 0 Å². The van der Waals surface area contributed by atoms with E-state index in [1.54, 1.807) is 6.20 Å². The first-order valence-electron chi connectivity index (χ1n) is 10.2. The minimum Gasteiger partial charge on any atom is -0.444 e. The highest BCUT2D eigenvalue weighted by Crippen LogP contribution is 2.09. The summed E-state index contributed by atoms with van der Waals surface area (Å²) >= 11 is 0. The van der Waals surface area contributed by atoms with Gasteiger partial charge >= 0.3 is 6.09 Å². The molecule has 2 aromatic heterocycles. The van der Waals surface area contributed by atoms with E-state index in [1.807, 2.05) is 63.7 Å². The number of imidazole rings is 1. The lowest BCUT2D eigenvalue weighted by molar-refractivity contribution is 0.0527. The molecule has 2 rings (SSSR count). The average molecular weight is 416 g/mol. The van der Waals surface area contributed by atoms with Gasteiger partial charge in [-0.1, -0.05) is 6.07 Å². The zero-order valence-electron chi connectivity index (χ0n) is 18.5. The van der Waals surface area contributed by atoms with E-state index in [9.17, 15) is 4.79 Å². The third-order valence-electron chi connectivity index (χ3n) is 3.96. The van der Waals surface area contributed by atoms with Gasteiger partial charge in [-0.05, 0) is 52.7 Å². The number of pyridine rings is 1. The summed E-state index contributed by atoms with van der Waals surface area (Å²) < 4.78 is 7.15. The molecular weight excluding hydrogens is 382 g/mol. The molecule has 0 radical (unpaired) electrons. The number of nitrogens with one attached hydrogen (secondary N) is 3. The van der Waals surface area contributed by atoms with Crippen molar-refractivity contribution in [2.24, 2.45) is 4.99 Å². The molecule has 0 aliphatic heterocycles. The van der Waals surface area contributed by atoms with Crippen LogP contribution in [0.5, 0.6) is 0 Å². The molecule has 0 unspecified atom stereocenters. The Morgan fingerprint density at radius 2 is 1.93 bits per heavy atom. The molecule has 0 bridgehead atoms. The second-order valence-corrected chi connectivity index (χ2v) is 7.77. The van der Waals surface area contributed by atoms with Crippen molar-refractivity contribution in [2.45, 2.75) is 53.2 Å². The molecule has 0 atom stereocenters. The van der Waals surface area contributed by atoms with Gasteiger partial charge in [-0.3, -0.25) is 4.57 Å². The minimum absolute atomic E-state index is 0.398. The fourth-order valence-electron chi connectivity index (χ4n) is 2.58. The van der Waals surface area contributed by atoms with Crippen LogP contribution in [0, 0.1) is 6.92 Å². The van der Waals surface area contributed by atoms with Crippen molar-refractivity contribution in [1.82, 2.24) is 30.5 Å². The molecule has 3 N–H and O–H groups in total. The number of alkyl carbamates (subject to hydrolysis) is 1. The molecule has 0 spiro atoms. The van der Waals surface area contributed by atoms with Crippen LogP contribution in [0.25, 0.3) is 5.82 Å². The van der Waals surface area contributed by atoms with Crippen molar-refractivity contribution in [3.05, 3.63) is 42.1 Å². The molecule has 9 nitrogen and oxygen atoms in total. The van der Waals surface area contributed by atoms with Gasteiger partial charge in [-0.2, -0.15) is 0 Å². The van der Waals surface area contributed by atoms with E-state index in [1.165, 1.54) is 0 Å². The van der Waals surface area contributed by atoms with E-state index in [2.05, 4.69) is 30.9 Å². The summed E-state index contributed by atoms with van der Waals surface area (Å²) in [5.74, 6) is 2.46. The van der Waals surface area contributed by atoms with Crippen LogP contribution in [0.2, 0.25) is 0 Å². The Labute approximate surface area is 178 Å². The third-order valence-corrected chi connectivity index (χ3v) is 3.96. The van der Waals surface area contributed by atoms with E-state index in [4.69, 9.17) is 4.74 Å². The van der Waals surface area contributed by atoms with Gasteiger partial charge in [0, 0.05) is 38.2 Å². The first-order chi connectivity index (χ1) is 14.3. The predicted octanol–water partition coefficient (Wildman–Crippen LogP) is 2.55. The topological polar surface area (TPSA) is 105 Å². The summed E-state index contributed by atoms with van der Waals surface area (Å²) in [6.45, 7) is 12.0. The fraction of sp³-hybridized carbons (Fsp3) is 0.524. The molecule has 30 heavy (non-hydrogen) atoms. The molecule has 0 saturated heterocycles. The number of amides is 1. The molecule has 0 aliphatic rings. The van der Waals surface area contributed by atoms with Crippen molar-refractivity contribution in [2.75, 3.05) is 19.6 Å². The number of carbonyl (C=O) groups is 1. The number of aryl methyl sites for hydroxylation is 1. The Bertz CT molecular complexity index is 823. The van der Waals surface area contributed by atoms with Gasteiger partial charge in [-0.15, -0.1) is 0 Å². The highest BCUT2D eigenvalue weighted by molar-refractivity contribution is 5.79. The molecule has 164 valence electrons. The number of nitrogens with zero attached hydrogens (tertiary/aromatic N) is 4. The van der Waals surface area contributed by atoms with Crippen molar-refractivity contribution in [3.8, 4) is 5.82 Å². The molecular formula is C21H33N7O2.